The van der Waals surface area contributed by atoms with Crippen LogP contribution in [-0.2, 0) is 0 Å². The quantitative estimate of drug-likeness (QED) is 0.0919. The maximum absolute atomic E-state index is 13.2. The van der Waals surface area contributed by atoms with E-state index >= 15 is 0 Å². The predicted molar refractivity (Wildman–Crippen MR) is 271 cm³/mol. The van der Waals surface area contributed by atoms with E-state index in [0.29, 0.717) is 77.6 Å². The molecule has 21 heteroatoms. The second-order valence-corrected chi connectivity index (χ2v) is 17.6. The second kappa shape index (κ2) is 15.5. The Bertz CT molecular complexity index is 4420. The number of H-pyrrole nitrogens is 3. The van der Waals surface area contributed by atoms with Crippen molar-refractivity contribution in [2.24, 2.45) is 17.2 Å². The smallest absolute Gasteiger partial charge is 0.269 e. The minimum Gasteiger partial charge on any atom is -0.396 e. The Morgan fingerprint density at radius 1 is 0.486 bits per heavy atom. The van der Waals surface area contributed by atoms with Crippen molar-refractivity contribution in [3.8, 4) is 44.8 Å². The summed E-state index contributed by atoms with van der Waals surface area (Å²) in [5, 5.41) is 16.3. The third-order valence-electron chi connectivity index (χ3n) is 13.2. The average Bonchev–Trinajstić information content (AvgIpc) is 4.14. The number of nitrogens with two attached hydrogens (primary N) is 6. The van der Waals surface area contributed by atoms with Crippen LogP contribution >= 0.6 is 0 Å². The van der Waals surface area contributed by atoms with Crippen molar-refractivity contribution in [1.82, 2.24) is 50.3 Å². The van der Waals surface area contributed by atoms with Crippen LogP contribution in [0, 0.1) is 20.8 Å². The SMILES string of the molecule is Cc1ccc2[nH]ncc2c1-c1c(N)c(C(N)=O)nc2cc(-[n+]3cc4c(-c5c(N)c(C(N)=O)nc6cc(-[n+]7cc8c(-c9c(N)c(C(N)=O)nc%10cccnc9%10)c(C)ccc8[nH]7)cnc56)c(C)ccc4[nH]3)cnc12. The van der Waals surface area contributed by atoms with E-state index < -0.39 is 17.7 Å². The molecule has 0 bridgehead atoms. The molecule has 0 aliphatic heterocycles. The molecule has 350 valence electrons. The first-order valence-corrected chi connectivity index (χ1v) is 22.3. The summed E-state index contributed by atoms with van der Waals surface area (Å²) in [6, 6.07) is 18.6. The van der Waals surface area contributed by atoms with E-state index in [9.17, 15) is 14.4 Å². The fraction of sp³-hybridized carbons (Fsp3) is 0.0588. The number of aromatic amines is 3. The Morgan fingerprint density at radius 2 is 0.903 bits per heavy atom. The molecule has 0 radical (unpaired) electrons. The first-order valence-electron chi connectivity index (χ1n) is 22.3. The molecule has 0 unspecified atom stereocenters. The molecule has 0 spiro atoms. The van der Waals surface area contributed by atoms with Gasteiger partial charge in [0.15, 0.2) is 17.1 Å². The zero-order valence-corrected chi connectivity index (χ0v) is 38.5. The van der Waals surface area contributed by atoms with Gasteiger partial charge in [0.25, 0.3) is 29.1 Å². The number of fused-ring (bicyclic) bond motifs is 6. The van der Waals surface area contributed by atoms with Gasteiger partial charge in [0.05, 0.1) is 72.6 Å². The molecule has 0 aliphatic carbocycles. The number of pyridine rings is 6. The zero-order chi connectivity index (χ0) is 50.0. The fourth-order valence-electron chi connectivity index (χ4n) is 9.89. The maximum Gasteiger partial charge on any atom is 0.269 e. The number of anilines is 3. The fourth-order valence-corrected chi connectivity index (χ4v) is 9.89. The minimum atomic E-state index is -0.830. The molecule has 0 atom stereocenters. The largest absolute Gasteiger partial charge is 0.396 e. The summed E-state index contributed by atoms with van der Waals surface area (Å²) in [5.74, 6) is -2.39. The first-order chi connectivity index (χ1) is 34.7. The third-order valence-corrected chi connectivity index (χ3v) is 13.2. The molecular weight excluding hydrogens is 913 g/mol. The van der Waals surface area contributed by atoms with E-state index in [1.807, 2.05) is 69.6 Å². The molecule has 9 aromatic heterocycles. The van der Waals surface area contributed by atoms with E-state index in [2.05, 4.69) is 40.3 Å². The number of hydrogen-bond acceptors (Lipinski definition) is 13. The normalized spacial score (nSPS) is 11.8. The molecule has 21 nitrogen and oxygen atoms in total. The van der Waals surface area contributed by atoms with Gasteiger partial charge in [0, 0.05) is 51.5 Å². The summed E-state index contributed by atoms with van der Waals surface area (Å²) in [5.41, 5.74) is 49.8. The van der Waals surface area contributed by atoms with Crippen molar-refractivity contribution in [1.29, 1.82) is 0 Å². The van der Waals surface area contributed by atoms with Gasteiger partial charge in [-0.3, -0.25) is 24.5 Å². The van der Waals surface area contributed by atoms with Crippen molar-refractivity contribution in [3.63, 3.8) is 0 Å². The topological polar surface area (TPSA) is 353 Å². The highest BCUT2D eigenvalue weighted by atomic mass is 16.2. The van der Waals surface area contributed by atoms with Crippen molar-refractivity contribution in [2.75, 3.05) is 17.2 Å². The highest BCUT2D eigenvalue weighted by Crippen LogP contribution is 2.43. The van der Waals surface area contributed by atoms with Gasteiger partial charge in [-0.2, -0.15) is 15.3 Å². The Kier molecular flexibility index (Phi) is 9.26. The number of carbonyl (C=O) groups is 3. The van der Waals surface area contributed by atoms with Gasteiger partial charge in [0.1, 0.15) is 23.4 Å². The number of rotatable bonds is 8. The molecule has 0 aliphatic rings. The molecule has 0 fully saturated rings. The molecule has 0 saturated heterocycles. The number of nitrogens with one attached hydrogen (secondary N) is 3. The lowest BCUT2D eigenvalue weighted by Gasteiger charge is -2.15. The van der Waals surface area contributed by atoms with Gasteiger partial charge in [-0.25, -0.2) is 24.9 Å². The molecule has 15 N–H and O–H groups in total. The van der Waals surface area contributed by atoms with Crippen molar-refractivity contribution < 1.29 is 23.7 Å². The summed E-state index contributed by atoms with van der Waals surface area (Å²) >= 11 is 0. The van der Waals surface area contributed by atoms with Crippen LogP contribution in [0.25, 0.3) is 111 Å². The molecular formula is C51H40N18O3+2. The molecule has 3 aromatic carbocycles. The van der Waals surface area contributed by atoms with Gasteiger partial charge < -0.3 is 34.4 Å². The van der Waals surface area contributed by atoms with E-state index in [1.165, 1.54) is 0 Å². The summed E-state index contributed by atoms with van der Waals surface area (Å²) in [4.78, 5) is 66.8. The summed E-state index contributed by atoms with van der Waals surface area (Å²) in [7, 11) is 0. The number of hydrogen-bond donors (Lipinski definition) is 9. The summed E-state index contributed by atoms with van der Waals surface area (Å²) < 4.78 is 3.53. The molecule has 0 saturated carbocycles. The Labute approximate surface area is 404 Å². The number of nitrogen functional groups attached to an aromatic ring is 3. The monoisotopic (exact) mass is 952 g/mol. The zero-order valence-electron chi connectivity index (χ0n) is 38.5. The van der Waals surface area contributed by atoms with E-state index in [0.717, 1.165) is 49.6 Å². The molecule has 72 heavy (non-hydrogen) atoms. The summed E-state index contributed by atoms with van der Waals surface area (Å²) in [6.07, 6.45) is 10.4. The Balaban J connectivity index is 1.01. The maximum atomic E-state index is 13.2. The second-order valence-electron chi connectivity index (χ2n) is 17.6. The summed E-state index contributed by atoms with van der Waals surface area (Å²) in [6.45, 7) is 5.81. The highest BCUT2D eigenvalue weighted by molar-refractivity contribution is 6.15. The highest BCUT2D eigenvalue weighted by Gasteiger charge is 2.29. The van der Waals surface area contributed by atoms with Gasteiger partial charge in [0.2, 0.25) is 12.4 Å². The number of nitrogens with zero attached hydrogens (tertiary/aromatic N) is 9. The molecule has 9 heterocycles. The van der Waals surface area contributed by atoms with Gasteiger partial charge >= 0.3 is 0 Å². The standard InChI is InChI=1S/C51H38N18O3/c1-20-6-9-28-25(17-61-65-28)34(20)37-40(52)47(50(56)71)63-32-13-23(15-59-44(32)37)69-19-27-30(67-69)11-8-22(3)36(27)39-42(54)48(51(57)72)64-33-14-24(16-60-45(33)39)68-18-26-29(66-68)10-7-21(2)35(26)38-41(53)46(49(55)70)62-31-5-4-12-58-43(31)38/h4-19H,1-3H3,(H13,52,53,54,55,56,57,58,59,60,61,62,63,64,65,66,67,70,71,72)/p+2. The van der Waals surface area contributed by atoms with Gasteiger partial charge in [-0.15, -0.1) is 0 Å². The number of amides is 3. The van der Waals surface area contributed by atoms with E-state index in [4.69, 9.17) is 44.4 Å². The van der Waals surface area contributed by atoms with Crippen molar-refractivity contribution in [2.45, 2.75) is 20.8 Å². The number of benzene rings is 3. The van der Waals surface area contributed by atoms with Crippen molar-refractivity contribution >= 4 is 101 Å². The van der Waals surface area contributed by atoms with Crippen LogP contribution in [-0.4, -0.2) is 68.0 Å². The number of carbonyl (C=O) groups excluding carboxylic acids is 3. The molecule has 12 rings (SSSR count). The van der Waals surface area contributed by atoms with E-state index in [-0.39, 0.29) is 34.1 Å². The van der Waals surface area contributed by atoms with Crippen LogP contribution in [0.4, 0.5) is 17.1 Å². The molecule has 3 amide bonds. The number of aryl methyl sites for hydroxylation is 3. The third kappa shape index (κ3) is 6.33. The van der Waals surface area contributed by atoms with Crippen LogP contribution in [0.3, 0.4) is 0 Å². The van der Waals surface area contributed by atoms with Crippen LogP contribution in [0.1, 0.15) is 48.2 Å². The van der Waals surface area contributed by atoms with Crippen LogP contribution < -0.4 is 43.8 Å². The Hall–Kier alpha value is -10.4. The van der Waals surface area contributed by atoms with Crippen LogP contribution in [0.15, 0.2) is 97.8 Å². The van der Waals surface area contributed by atoms with Crippen LogP contribution in [0.2, 0.25) is 0 Å². The predicted octanol–water partition coefficient (Wildman–Crippen LogP) is 4.88. The minimum absolute atomic E-state index is 0.0479. The lowest BCUT2D eigenvalue weighted by atomic mass is 9.93. The van der Waals surface area contributed by atoms with Crippen molar-refractivity contribution in [3.05, 3.63) is 132 Å². The Morgan fingerprint density at radius 3 is 1.36 bits per heavy atom. The lowest BCUT2D eigenvalue weighted by molar-refractivity contribution is -0.653. The van der Waals surface area contributed by atoms with Gasteiger partial charge in [-0.05, 0) is 73.4 Å². The number of aromatic nitrogens is 12. The van der Waals surface area contributed by atoms with Gasteiger partial charge in [-0.1, -0.05) is 27.6 Å². The average molecular weight is 953 g/mol. The number of primary amides is 3. The molecule has 12 aromatic rings. The van der Waals surface area contributed by atoms with E-state index in [1.54, 1.807) is 58.4 Å². The van der Waals surface area contributed by atoms with Crippen LogP contribution in [0.5, 0.6) is 0 Å². The first kappa shape index (κ1) is 42.9. The lowest BCUT2D eigenvalue weighted by Crippen LogP contribution is -2.31.